The van der Waals surface area contributed by atoms with Gasteiger partial charge in [0, 0.05) is 46.7 Å². The number of nitrogens with one attached hydrogen (secondary N) is 1. The number of nitrogens with zero attached hydrogens (tertiary/aromatic N) is 3. The van der Waals surface area contributed by atoms with Crippen molar-refractivity contribution in [1.29, 1.82) is 0 Å². The summed E-state index contributed by atoms with van der Waals surface area (Å²) in [6.45, 7) is 6.19. The normalized spacial score (nSPS) is 20.2. The molecule has 1 saturated carbocycles. The van der Waals surface area contributed by atoms with Gasteiger partial charge in [-0.15, -0.1) is 17.0 Å². The van der Waals surface area contributed by atoms with Crippen LogP contribution >= 0.6 is 17.0 Å². The Morgan fingerprint density at radius 3 is 2.39 bits per heavy atom. The SMILES string of the molecule is Br.CN=C(NCCCC1CCCC1)N1CCCN(C(C)=O)CC1. The monoisotopic (exact) mass is 388 g/mol. The first-order chi connectivity index (χ1) is 10.7. The minimum Gasteiger partial charge on any atom is -0.356 e. The number of halogens is 1. The van der Waals surface area contributed by atoms with Crippen molar-refractivity contribution in [3.8, 4) is 0 Å². The Bertz CT molecular complexity index is 383. The Hall–Kier alpha value is -0.780. The molecular weight excluding hydrogens is 356 g/mol. The number of carbonyl (C=O) groups excluding carboxylic acids is 1. The van der Waals surface area contributed by atoms with E-state index in [9.17, 15) is 4.79 Å². The molecule has 0 spiro atoms. The zero-order valence-electron chi connectivity index (χ0n) is 14.7. The lowest BCUT2D eigenvalue weighted by atomic mass is 10.0. The van der Waals surface area contributed by atoms with E-state index in [1.54, 1.807) is 6.92 Å². The molecule has 1 amide bonds. The van der Waals surface area contributed by atoms with E-state index in [0.717, 1.165) is 51.0 Å². The van der Waals surface area contributed by atoms with E-state index in [1.807, 2.05) is 11.9 Å². The lowest BCUT2D eigenvalue weighted by molar-refractivity contribution is -0.128. The molecule has 6 heteroatoms. The number of hydrogen-bond donors (Lipinski definition) is 1. The van der Waals surface area contributed by atoms with Crippen molar-refractivity contribution in [3.63, 3.8) is 0 Å². The molecule has 1 N–H and O–H groups in total. The number of rotatable bonds is 4. The zero-order valence-corrected chi connectivity index (χ0v) is 16.4. The van der Waals surface area contributed by atoms with Gasteiger partial charge in [0.15, 0.2) is 5.96 Å². The molecule has 0 aromatic carbocycles. The molecule has 0 aromatic rings. The van der Waals surface area contributed by atoms with Crippen molar-refractivity contribution >= 4 is 28.8 Å². The Kier molecular flexibility index (Phi) is 9.60. The lowest BCUT2D eigenvalue weighted by Crippen LogP contribution is -2.44. The largest absolute Gasteiger partial charge is 0.356 e. The summed E-state index contributed by atoms with van der Waals surface area (Å²) in [6, 6.07) is 0. The van der Waals surface area contributed by atoms with Crippen molar-refractivity contribution in [2.45, 2.75) is 51.9 Å². The molecule has 1 aliphatic heterocycles. The molecular formula is C17H33BrN4O. The predicted octanol–water partition coefficient (Wildman–Crippen LogP) is 2.66. The third-order valence-electron chi connectivity index (χ3n) is 5.00. The first-order valence-electron chi connectivity index (χ1n) is 8.92. The van der Waals surface area contributed by atoms with Gasteiger partial charge >= 0.3 is 0 Å². The van der Waals surface area contributed by atoms with Crippen LogP contribution in [0.4, 0.5) is 0 Å². The Balaban J connectivity index is 0.00000264. The van der Waals surface area contributed by atoms with Gasteiger partial charge < -0.3 is 15.1 Å². The topological polar surface area (TPSA) is 47.9 Å². The summed E-state index contributed by atoms with van der Waals surface area (Å²) in [4.78, 5) is 20.1. The van der Waals surface area contributed by atoms with Gasteiger partial charge in [-0.3, -0.25) is 9.79 Å². The molecule has 1 saturated heterocycles. The van der Waals surface area contributed by atoms with Gasteiger partial charge in [0.2, 0.25) is 5.91 Å². The van der Waals surface area contributed by atoms with Crippen molar-refractivity contribution in [1.82, 2.24) is 15.1 Å². The maximum Gasteiger partial charge on any atom is 0.219 e. The highest BCUT2D eigenvalue weighted by atomic mass is 79.9. The minimum atomic E-state index is 0. The van der Waals surface area contributed by atoms with Crippen LogP contribution in [0, 0.1) is 5.92 Å². The van der Waals surface area contributed by atoms with Gasteiger partial charge in [-0.1, -0.05) is 25.7 Å². The molecule has 134 valence electrons. The van der Waals surface area contributed by atoms with Gasteiger partial charge in [0.25, 0.3) is 0 Å². The highest BCUT2D eigenvalue weighted by molar-refractivity contribution is 8.93. The molecule has 1 heterocycles. The molecule has 2 aliphatic rings. The van der Waals surface area contributed by atoms with Crippen LogP contribution in [0.1, 0.15) is 51.9 Å². The van der Waals surface area contributed by atoms with Gasteiger partial charge in [-0.05, 0) is 25.2 Å². The van der Waals surface area contributed by atoms with Crippen LogP contribution in [0.3, 0.4) is 0 Å². The summed E-state index contributed by atoms with van der Waals surface area (Å²) in [5.74, 6) is 2.14. The molecule has 0 bridgehead atoms. The van der Waals surface area contributed by atoms with E-state index in [2.05, 4.69) is 15.2 Å². The van der Waals surface area contributed by atoms with E-state index < -0.39 is 0 Å². The fraction of sp³-hybridized carbons (Fsp3) is 0.882. The summed E-state index contributed by atoms with van der Waals surface area (Å²) in [6.07, 6.45) is 9.32. The summed E-state index contributed by atoms with van der Waals surface area (Å²) in [5, 5.41) is 3.51. The quantitative estimate of drug-likeness (QED) is 0.457. The zero-order chi connectivity index (χ0) is 15.8. The lowest BCUT2D eigenvalue weighted by Gasteiger charge is -2.25. The highest BCUT2D eigenvalue weighted by Crippen LogP contribution is 2.28. The molecule has 0 aromatic heterocycles. The van der Waals surface area contributed by atoms with Crippen molar-refractivity contribution in [2.75, 3.05) is 39.8 Å². The van der Waals surface area contributed by atoms with Gasteiger partial charge in [-0.25, -0.2) is 0 Å². The molecule has 5 nitrogen and oxygen atoms in total. The second-order valence-electron chi connectivity index (χ2n) is 6.61. The summed E-state index contributed by atoms with van der Waals surface area (Å²) in [5.41, 5.74) is 0. The van der Waals surface area contributed by atoms with Crippen LogP contribution in [0.5, 0.6) is 0 Å². The molecule has 2 rings (SSSR count). The first-order valence-corrected chi connectivity index (χ1v) is 8.92. The van der Waals surface area contributed by atoms with Gasteiger partial charge in [-0.2, -0.15) is 0 Å². The van der Waals surface area contributed by atoms with Crippen LogP contribution < -0.4 is 5.32 Å². The van der Waals surface area contributed by atoms with Crippen LogP contribution in [0.25, 0.3) is 0 Å². The van der Waals surface area contributed by atoms with Crippen LogP contribution in [-0.2, 0) is 4.79 Å². The van der Waals surface area contributed by atoms with Crippen LogP contribution in [0.15, 0.2) is 4.99 Å². The molecule has 0 atom stereocenters. The number of carbonyl (C=O) groups is 1. The molecule has 23 heavy (non-hydrogen) atoms. The standard InChI is InChI=1S/C17H32N4O.BrH/c1-15(22)20-11-6-12-21(14-13-20)17(18-2)19-10-5-9-16-7-3-4-8-16;/h16H,3-14H2,1-2H3,(H,18,19);1H. The summed E-state index contributed by atoms with van der Waals surface area (Å²) in [7, 11) is 1.85. The van der Waals surface area contributed by atoms with E-state index in [1.165, 1.54) is 38.5 Å². The van der Waals surface area contributed by atoms with Gasteiger partial charge in [0.05, 0.1) is 0 Å². The third-order valence-corrected chi connectivity index (χ3v) is 5.00. The van der Waals surface area contributed by atoms with Crippen LogP contribution in [-0.4, -0.2) is 61.4 Å². The van der Waals surface area contributed by atoms with Crippen molar-refractivity contribution in [2.24, 2.45) is 10.9 Å². The predicted molar refractivity (Wildman–Crippen MR) is 101 cm³/mol. The maximum absolute atomic E-state index is 11.5. The molecule has 2 fully saturated rings. The average Bonchev–Trinajstić information content (AvgIpc) is 2.90. The first kappa shape index (κ1) is 20.3. The van der Waals surface area contributed by atoms with E-state index >= 15 is 0 Å². The molecule has 0 radical (unpaired) electrons. The fourth-order valence-corrected chi connectivity index (χ4v) is 3.67. The second-order valence-corrected chi connectivity index (χ2v) is 6.61. The van der Waals surface area contributed by atoms with E-state index in [4.69, 9.17) is 0 Å². The Morgan fingerprint density at radius 2 is 1.74 bits per heavy atom. The Labute approximate surface area is 151 Å². The average molecular weight is 389 g/mol. The van der Waals surface area contributed by atoms with Crippen molar-refractivity contribution < 1.29 is 4.79 Å². The smallest absolute Gasteiger partial charge is 0.219 e. The van der Waals surface area contributed by atoms with Gasteiger partial charge in [0.1, 0.15) is 0 Å². The van der Waals surface area contributed by atoms with E-state index in [0.29, 0.717) is 0 Å². The van der Waals surface area contributed by atoms with Crippen LogP contribution in [0.2, 0.25) is 0 Å². The Morgan fingerprint density at radius 1 is 1.09 bits per heavy atom. The second kappa shape index (κ2) is 10.9. The number of hydrogen-bond acceptors (Lipinski definition) is 2. The highest BCUT2D eigenvalue weighted by Gasteiger charge is 2.19. The summed E-state index contributed by atoms with van der Waals surface area (Å²) >= 11 is 0. The summed E-state index contributed by atoms with van der Waals surface area (Å²) < 4.78 is 0. The molecule has 1 aliphatic carbocycles. The van der Waals surface area contributed by atoms with E-state index in [-0.39, 0.29) is 22.9 Å². The number of guanidine groups is 1. The minimum absolute atomic E-state index is 0. The number of amides is 1. The fourth-order valence-electron chi connectivity index (χ4n) is 3.67. The maximum atomic E-state index is 11.5. The molecule has 0 unspecified atom stereocenters. The number of aliphatic imine (C=N–C) groups is 1. The van der Waals surface area contributed by atoms with Crippen molar-refractivity contribution in [3.05, 3.63) is 0 Å². The third kappa shape index (κ3) is 6.69.